The standard InChI is InChI=1S/C32H34N4OS/c1-21-10-4-7-14-29(21)37-26-17-15-25(16-18-26)36-31(30(34-32(36)38)28-13-8-9-19-33-28)27-20-22(2)35(23(27)3)24-11-5-6-12-24/h4,7-10,13-20,24,30-31H,5-6,11-12H2,1-3H3,(H,34,38)/t30-,31+/m0/s1. The minimum Gasteiger partial charge on any atom is -0.457 e. The number of benzene rings is 2. The predicted octanol–water partition coefficient (Wildman–Crippen LogP) is 7.89. The minimum absolute atomic E-state index is 0.0121. The van der Waals surface area contributed by atoms with E-state index < -0.39 is 0 Å². The van der Waals surface area contributed by atoms with Gasteiger partial charge in [0, 0.05) is 29.3 Å². The number of hydrogen-bond donors (Lipinski definition) is 1. The summed E-state index contributed by atoms with van der Waals surface area (Å²) in [6, 6.07) is 25.3. The summed E-state index contributed by atoms with van der Waals surface area (Å²) in [6.45, 7) is 6.57. The molecule has 0 amide bonds. The third-order valence-corrected chi connectivity index (χ3v) is 8.38. The summed E-state index contributed by atoms with van der Waals surface area (Å²) in [5, 5.41) is 4.32. The topological polar surface area (TPSA) is 42.3 Å². The van der Waals surface area contributed by atoms with Gasteiger partial charge in [-0.05, 0) is 105 Å². The first-order valence-corrected chi connectivity index (χ1v) is 13.9. The summed E-state index contributed by atoms with van der Waals surface area (Å²) in [5.41, 5.74) is 7.09. The molecule has 2 aromatic carbocycles. The summed E-state index contributed by atoms with van der Waals surface area (Å²) in [7, 11) is 0. The van der Waals surface area contributed by atoms with Crippen LogP contribution in [0, 0.1) is 20.8 Å². The van der Waals surface area contributed by atoms with Gasteiger partial charge in [-0.15, -0.1) is 0 Å². The van der Waals surface area contributed by atoms with E-state index in [-0.39, 0.29) is 12.1 Å². The van der Waals surface area contributed by atoms with E-state index in [9.17, 15) is 0 Å². The van der Waals surface area contributed by atoms with Gasteiger partial charge in [0.2, 0.25) is 0 Å². The second-order valence-corrected chi connectivity index (χ2v) is 10.9. The van der Waals surface area contributed by atoms with Crippen molar-refractivity contribution in [2.45, 2.75) is 64.6 Å². The van der Waals surface area contributed by atoms with Gasteiger partial charge in [0.15, 0.2) is 5.11 Å². The smallest absolute Gasteiger partial charge is 0.174 e. The average molecular weight is 523 g/mol. The molecule has 1 aliphatic heterocycles. The van der Waals surface area contributed by atoms with Crippen molar-refractivity contribution in [1.29, 1.82) is 0 Å². The molecule has 4 aromatic rings. The fraction of sp³-hybridized carbons (Fsp3) is 0.312. The molecule has 0 radical (unpaired) electrons. The van der Waals surface area contributed by atoms with Crippen molar-refractivity contribution >= 4 is 23.0 Å². The summed E-state index contributed by atoms with van der Waals surface area (Å²) >= 11 is 5.97. The molecule has 194 valence electrons. The van der Waals surface area contributed by atoms with E-state index in [0.717, 1.165) is 28.4 Å². The Labute approximate surface area is 230 Å². The summed E-state index contributed by atoms with van der Waals surface area (Å²) < 4.78 is 8.74. The first-order chi connectivity index (χ1) is 18.5. The van der Waals surface area contributed by atoms with E-state index in [2.05, 4.69) is 65.9 Å². The van der Waals surface area contributed by atoms with Crippen LogP contribution in [0.5, 0.6) is 11.5 Å². The SMILES string of the molecule is Cc1ccccc1Oc1ccc(N2C(=S)N[C@@H](c3ccccn3)[C@H]2c2cc(C)n(C3CCCC3)c2C)cc1. The molecule has 5 nitrogen and oxygen atoms in total. The van der Waals surface area contributed by atoms with Gasteiger partial charge in [-0.3, -0.25) is 4.98 Å². The molecule has 1 N–H and O–H groups in total. The lowest BCUT2D eigenvalue weighted by atomic mass is 9.96. The molecule has 1 saturated heterocycles. The van der Waals surface area contributed by atoms with Gasteiger partial charge < -0.3 is 19.5 Å². The first kappa shape index (κ1) is 24.7. The third-order valence-electron chi connectivity index (χ3n) is 8.07. The van der Waals surface area contributed by atoms with Crippen LogP contribution in [-0.2, 0) is 0 Å². The Morgan fingerprint density at radius 2 is 1.66 bits per heavy atom. The number of thiocarbonyl (C=S) groups is 1. The van der Waals surface area contributed by atoms with E-state index in [4.69, 9.17) is 21.9 Å². The quantitative estimate of drug-likeness (QED) is 0.261. The maximum Gasteiger partial charge on any atom is 0.174 e. The Hall–Kier alpha value is -3.64. The van der Waals surface area contributed by atoms with Gasteiger partial charge in [-0.2, -0.15) is 0 Å². The van der Waals surface area contributed by atoms with Crippen LogP contribution >= 0.6 is 12.2 Å². The number of aromatic nitrogens is 2. The van der Waals surface area contributed by atoms with Crippen LogP contribution in [0.15, 0.2) is 79.0 Å². The minimum atomic E-state index is -0.0517. The van der Waals surface area contributed by atoms with Crippen molar-refractivity contribution in [2.24, 2.45) is 0 Å². The number of aryl methyl sites for hydroxylation is 2. The molecule has 0 spiro atoms. The van der Waals surface area contributed by atoms with Crippen LogP contribution in [0.2, 0.25) is 0 Å². The number of para-hydroxylation sites is 1. The van der Waals surface area contributed by atoms with Gasteiger partial charge in [-0.1, -0.05) is 37.1 Å². The van der Waals surface area contributed by atoms with Gasteiger partial charge in [-0.25, -0.2) is 0 Å². The van der Waals surface area contributed by atoms with E-state index >= 15 is 0 Å². The highest BCUT2D eigenvalue weighted by Gasteiger charge is 2.42. The fourth-order valence-electron chi connectivity index (χ4n) is 6.25. The molecule has 2 fully saturated rings. The molecular formula is C32H34N4OS. The number of nitrogens with zero attached hydrogens (tertiary/aromatic N) is 3. The third kappa shape index (κ3) is 4.47. The molecule has 1 aliphatic carbocycles. The largest absolute Gasteiger partial charge is 0.457 e. The predicted molar refractivity (Wildman–Crippen MR) is 157 cm³/mol. The lowest BCUT2D eigenvalue weighted by Crippen LogP contribution is -2.29. The molecule has 1 saturated carbocycles. The highest BCUT2D eigenvalue weighted by molar-refractivity contribution is 7.80. The summed E-state index contributed by atoms with van der Waals surface area (Å²) in [4.78, 5) is 6.99. The zero-order valence-corrected chi connectivity index (χ0v) is 23.0. The number of pyridine rings is 1. The molecule has 2 atom stereocenters. The second-order valence-electron chi connectivity index (χ2n) is 10.5. The van der Waals surface area contributed by atoms with E-state index in [1.807, 2.05) is 48.7 Å². The Bertz CT molecular complexity index is 1440. The van der Waals surface area contributed by atoms with Crippen molar-refractivity contribution in [3.8, 4) is 11.5 Å². The Kier molecular flexibility index (Phi) is 6.66. The number of anilines is 1. The number of ether oxygens (including phenoxy) is 1. The van der Waals surface area contributed by atoms with E-state index in [1.165, 1.54) is 42.6 Å². The number of hydrogen-bond acceptors (Lipinski definition) is 3. The van der Waals surface area contributed by atoms with Gasteiger partial charge in [0.1, 0.15) is 11.5 Å². The molecule has 38 heavy (non-hydrogen) atoms. The monoisotopic (exact) mass is 522 g/mol. The molecule has 2 aliphatic rings. The zero-order valence-electron chi connectivity index (χ0n) is 22.2. The lowest BCUT2D eigenvalue weighted by Gasteiger charge is -2.28. The zero-order chi connectivity index (χ0) is 26.2. The fourth-order valence-corrected chi connectivity index (χ4v) is 6.59. The van der Waals surface area contributed by atoms with Crippen LogP contribution in [0.3, 0.4) is 0 Å². The highest BCUT2D eigenvalue weighted by atomic mass is 32.1. The average Bonchev–Trinajstić information content (AvgIpc) is 3.64. The first-order valence-electron chi connectivity index (χ1n) is 13.5. The molecule has 2 aromatic heterocycles. The van der Waals surface area contributed by atoms with E-state index in [1.54, 1.807) is 0 Å². The number of rotatable bonds is 6. The Morgan fingerprint density at radius 3 is 2.37 bits per heavy atom. The Balaban J connectivity index is 1.39. The van der Waals surface area contributed by atoms with Crippen molar-refractivity contribution in [1.82, 2.24) is 14.9 Å². The van der Waals surface area contributed by atoms with E-state index in [0.29, 0.717) is 11.2 Å². The van der Waals surface area contributed by atoms with Gasteiger partial charge in [0.05, 0.1) is 17.8 Å². The van der Waals surface area contributed by atoms with Crippen LogP contribution in [-0.4, -0.2) is 14.7 Å². The molecule has 6 rings (SSSR count). The maximum atomic E-state index is 6.17. The van der Waals surface area contributed by atoms with Crippen molar-refractivity contribution < 1.29 is 4.74 Å². The van der Waals surface area contributed by atoms with Crippen LogP contribution in [0.4, 0.5) is 5.69 Å². The maximum absolute atomic E-state index is 6.17. The van der Waals surface area contributed by atoms with Gasteiger partial charge >= 0.3 is 0 Å². The normalized spacial score (nSPS) is 19.7. The van der Waals surface area contributed by atoms with Crippen LogP contribution in [0.25, 0.3) is 0 Å². The van der Waals surface area contributed by atoms with Crippen LogP contribution in [0.1, 0.15) is 72.0 Å². The molecular weight excluding hydrogens is 488 g/mol. The molecule has 6 heteroatoms. The Morgan fingerprint density at radius 1 is 0.921 bits per heavy atom. The van der Waals surface area contributed by atoms with Crippen LogP contribution < -0.4 is 15.0 Å². The summed E-state index contributed by atoms with van der Waals surface area (Å²) in [5.74, 6) is 1.67. The molecule has 0 unspecified atom stereocenters. The van der Waals surface area contributed by atoms with Gasteiger partial charge in [0.25, 0.3) is 0 Å². The molecule has 3 heterocycles. The lowest BCUT2D eigenvalue weighted by molar-refractivity contribution is 0.479. The van der Waals surface area contributed by atoms with Crippen molar-refractivity contribution in [3.63, 3.8) is 0 Å². The second kappa shape index (κ2) is 10.3. The molecule has 0 bridgehead atoms. The highest BCUT2D eigenvalue weighted by Crippen LogP contribution is 2.45. The summed E-state index contributed by atoms with van der Waals surface area (Å²) in [6.07, 6.45) is 7.00. The van der Waals surface area contributed by atoms with Crippen molar-refractivity contribution in [2.75, 3.05) is 4.90 Å². The van der Waals surface area contributed by atoms with Crippen molar-refractivity contribution in [3.05, 3.63) is 107 Å². The number of nitrogens with one attached hydrogen (secondary N) is 1.